The molecule has 0 aliphatic heterocycles. The van der Waals surface area contributed by atoms with Crippen LogP contribution in [0.1, 0.15) is 52.9 Å². The number of hydrogen-bond acceptors (Lipinski definition) is 0. The molecular formula is C14H23. The van der Waals surface area contributed by atoms with Gasteiger partial charge < -0.3 is 0 Å². The predicted molar refractivity (Wildman–Crippen MR) is 59.7 cm³/mol. The van der Waals surface area contributed by atoms with E-state index in [9.17, 15) is 0 Å². The van der Waals surface area contributed by atoms with E-state index in [2.05, 4.69) is 27.2 Å². The molecule has 0 N–H and O–H groups in total. The molecule has 0 saturated heterocycles. The zero-order valence-electron chi connectivity index (χ0n) is 9.84. The van der Waals surface area contributed by atoms with Crippen molar-refractivity contribution in [3.63, 3.8) is 0 Å². The van der Waals surface area contributed by atoms with E-state index in [0.717, 1.165) is 17.8 Å². The average molecular weight is 191 g/mol. The van der Waals surface area contributed by atoms with Crippen LogP contribution < -0.4 is 0 Å². The molecule has 14 heavy (non-hydrogen) atoms. The van der Waals surface area contributed by atoms with Crippen LogP contribution in [0.4, 0.5) is 0 Å². The van der Waals surface area contributed by atoms with Gasteiger partial charge in [0, 0.05) is 0 Å². The average Bonchev–Trinajstić information content (AvgIpc) is 1.98. The molecule has 4 bridgehead atoms. The summed E-state index contributed by atoms with van der Waals surface area (Å²) in [4.78, 5) is 0. The summed E-state index contributed by atoms with van der Waals surface area (Å²) in [7, 11) is 0. The quantitative estimate of drug-likeness (QED) is 0.541. The monoisotopic (exact) mass is 191 g/mol. The third kappa shape index (κ3) is 1.12. The van der Waals surface area contributed by atoms with Gasteiger partial charge in [0.05, 0.1) is 0 Å². The maximum Gasteiger partial charge on any atom is -0.0210 e. The highest BCUT2D eigenvalue weighted by Crippen LogP contribution is 2.65. The molecule has 0 heteroatoms. The first kappa shape index (κ1) is 9.24. The highest BCUT2D eigenvalue weighted by Gasteiger charge is 2.55. The fourth-order valence-electron chi connectivity index (χ4n) is 4.65. The standard InChI is InChI=1S/C14H23/c1-13(2,3)14-7-10-4-11(8-14)6-12(5-10)9-14/h7,10-12H,4-6,8-9H2,1-3H3. The van der Waals surface area contributed by atoms with Crippen LogP contribution in [0, 0.1) is 35.0 Å². The first-order valence-electron chi connectivity index (χ1n) is 6.35. The smallest absolute Gasteiger partial charge is 0.0210 e. The Morgan fingerprint density at radius 3 is 2.00 bits per heavy atom. The second-order valence-corrected chi connectivity index (χ2v) is 7.18. The topological polar surface area (TPSA) is 0 Å². The van der Waals surface area contributed by atoms with Crippen molar-refractivity contribution in [3.05, 3.63) is 6.42 Å². The van der Waals surface area contributed by atoms with E-state index in [4.69, 9.17) is 0 Å². The van der Waals surface area contributed by atoms with Gasteiger partial charge in [0.25, 0.3) is 0 Å². The lowest BCUT2D eigenvalue weighted by atomic mass is 9.43. The second kappa shape index (κ2) is 2.57. The van der Waals surface area contributed by atoms with Crippen molar-refractivity contribution in [3.8, 4) is 0 Å². The maximum atomic E-state index is 2.76. The van der Waals surface area contributed by atoms with Crippen LogP contribution in [-0.2, 0) is 0 Å². The molecule has 4 aliphatic rings. The molecule has 4 aliphatic carbocycles. The Labute approximate surface area is 88.5 Å². The zero-order valence-corrected chi connectivity index (χ0v) is 9.84. The van der Waals surface area contributed by atoms with Crippen LogP contribution in [0.25, 0.3) is 0 Å². The summed E-state index contributed by atoms with van der Waals surface area (Å²) in [6.07, 6.45) is 10.4. The molecule has 79 valence electrons. The minimum absolute atomic E-state index is 0.503. The molecule has 0 amide bonds. The van der Waals surface area contributed by atoms with E-state index in [1.54, 1.807) is 6.42 Å². The van der Waals surface area contributed by atoms with Gasteiger partial charge >= 0.3 is 0 Å². The Balaban J connectivity index is 1.95. The third-order valence-corrected chi connectivity index (χ3v) is 5.29. The molecule has 0 spiro atoms. The van der Waals surface area contributed by atoms with E-state index < -0.39 is 0 Å². The Bertz CT molecular complexity index is 208. The van der Waals surface area contributed by atoms with Crippen molar-refractivity contribution in [2.45, 2.75) is 52.9 Å². The molecule has 2 unspecified atom stereocenters. The van der Waals surface area contributed by atoms with Crippen LogP contribution in [0.2, 0.25) is 0 Å². The maximum absolute atomic E-state index is 2.76. The van der Waals surface area contributed by atoms with E-state index in [1.165, 1.54) is 25.7 Å². The van der Waals surface area contributed by atoms with Gasteiger partial charge in [-0.15, -0.1) is 0 Å². The Kier molecular flexibility index (Phi) is 1.70. The molecule has 0 aromatic rings. The molecule has 0 nitrogen and oxygen atoms in total. The normalized spacial score (nSPS) is 51.2. The Hall–Kier alpha value is 0. The van der Waals surface area contributed by atoms with E-state index >= 15 is 0 Å². The first-order chi connectivity index (χ1) is 6.48. The summed E-state index contributed by atoms with van der Waals surface area (Å²) < 4.78 is 0. The van der Waals surface area contributed by atoms with Crippen molar-refractivity contribution >= 4 is 0 Å². The molecule has 0 heterocycles. The van der Waals surface area contributed by atoms with Crippen molar-refractivity contribution in [2.75, 3.05) is 0 Å². The third-order valence-electron chi connectivity index (χ3n) is 5.29. The first-order valence-corrected chi connectivity index (χ1v) is 6.35. The Morgan fingerprint density at radius 1 is 1.00 bits per heavy atom. The molecule has 4 fully saturated rings. The van der Waals surface area contributed by atoms with Gasteiger partial charge in [-0.2, -0.15) is 0 Å². The van der Waals surface area contributed by atoms with Crippen LogP contribution in [0.5, 0.6) is 0 Å². The fourth-order valence-corrected chi connectivity index (χ4v) is 4.65. The lowest BCUT2D eigenvalue weighted by molar-refractivity contribution is -0.0665. The predicted octanol–water partition coefficient (Wildman–Crippen LogP) is 4.06. The number of hydrogen-bond donors (Lipinski definition) is 0. The van der Waals surface area contributed by atoms with Gasteiger partial charge in [-0.3, -0.25) is 0 Å². The van der Waals surface area contributed by atoms with E-state index in [-0.39, 0.29) is 0 Å². The van der Waals surface area contributed by atoms with Crippen molar-refractivity contribution in [2.24, 2.45) is 28.6 Å². The van der Waals surface area contributed by atoms with Gasteiger partial charge in [-0.25, -0.2) is 0 Å². The summed E-state index contributed by atoms with van der Waals surface area (Å²) in [5.74, 6) is 3.15. The van der Waals surface area contributed by atoms with Crippen molar-refractivity contribution < 1.29 is 0 Å². The molecule has 1 radical (unpaired) electrons. The van der Waals surface area contributed by atoms with Crippen LogP contribution in [0.3, 0.4) is 0 Å². The van der Waals surface area contributed by atoms with Crippen molar-refractivity contribution in [1.29, 1.82) is 0 Å². The van der Waals surface area contributed by atoms with Crippen LogP contribution in [-0.4, -0.2) is 0 Å². The van der Waals surface area contributed by atoms with Gasteiger partial charge in [0.2, 0.25) is 0 Å². The van der Waals surface area contributed by atoms with Gasteiger partial charge in [0.15, 0.2) is 0 Å². The zero-order chi connectivity index (χ0) is 9.97. The lowest BCUT2D eigenvalue weighted by Crippen LogP contribution is -2.52. The summed E-state index contributed by atoms with van der Waals surface area (Å²) >= 11 is 0. The molecular weight excluding hydrogens is 168 g/mol. The Morgan fingerprint density at radius 2 is 1.57 bits per heavy atom. The minimum atomic E-state index is 0.503. The van der Waals surface area contributed by atoms with Gasteiger partial charge in [-0.05, 0) is 67.1 Å². The van der Waals surface area contributed by atoms with Crippen LogP contribution >= 0.6 is 0 Å². The van der Waals surface area contributed by atoms with Crippen molar-refractivity contribution in [1.82, 2.24) is 0 Å². The van der Waals surface area contributed by atoms with E-state index in [1.807, 2.05) is 0 Å². The molecule has 4 rings (SSSR count). The van der Waals surface area contributed by atoms with E-state index in [0.29, 0.717) is 10.8 Å². The SMILES string of the molecule is CC(C)(C)C12[CH]C3CC(CC(C3)C1)C2. The van der Waals surface area contributed by atoms with Crippen LogP contribution in [0.15, 0.2) is 0 Å². The molecule has 0 aromatic heterocycles. The highest BCUT2D eigenvalue weighted by molar-refractivity contribution is 5.14. The largest absolute Gasteiger partial charge is 0.0596 e. The minimum Gasteiger partial charge on any atom is -0.0596 e. The molecule has 4 saturated carbocycles. The summed E-state index contributed by atoms with van der Waals surface area (Å²) in [5, 5.41) is 0. The summed E-state index contributed by atoms with van der Waals surface area (Å²) in [5.41, 5.74) is 1.12. The number of rotatable bonds is 0. The highest BCUT2D eigenvalue weighted by atomic mass is 14.6. The second-order valence-electron chi connectivity index (χ2n) is 7.18. The molecule has 2 atom stereocenters. The molecule has 0 aromatic carbocycles. The summed E-state index contributed by atoms with van der Waals surface area (Å²) in [6, 6.07) is 0. The lowest BCUT2D eigenvalue weighted by Gasteiger charge is -2.61. The van der Waals surface area contributed by atoms with Gasteiger partial charge in [0.1, 0.15) is 0 Å². The fraction of sp³-hybridized carbons (Fsp3) is 0.929. The van der Waals surface area contributed by atoms with Gasteiger partial charge in [-0.1, -0.05) is 20.8 Å². The summed E-state index contributed by atoms with van der Waals surface area (Å²) in [6.45, 7) is 7.36.